The summed E-state index contributed by atoms with van der Waals surface area (Å²) < 4.78 is 0. The first-order chi connectivity index (χ1) is 20.0. The Morgan fingerprint density at radius 3 is 1.29 bits per heavy atom. The largest absolute Gasteiger partial charge is 0.301 e. The molecule has 0 N–H and O–H groups in total. The first-order valence-electron chi connectivity index (χ1n) is 14.6. The summed E-state index contributed by atoms with van der Waals surface area (Å²) in [6, 6.07) is 28.1. The van der Waals surface area contributed by atoms with E-state index in [4.69, 9.17) is 0 Å². The van der Waals surface area contributed by atoms with Gasteiger partial charge in [-0.1, -0.05) is 90.1 Å². The van der Waals surface area contributed by atoms with Crippen molar-refractivity contribution in [3.63, 3.8) is 0 Å². The van der Waals surface area contributed by atoms with E-state index in [1.54, 1.807) is 0 Å². The second kappa shape index (κ2) is 10.4. The van der Waals surface area contributed by atoms with Gasteiger partial charge < -0.3 is 4.90 Å². The lowest BCUT2D eigenvalue weighted by Gasteiger charge is -2.22. The van der Waals surface area contributed by atoms with E-state index in [0.29, 0.717) is 6.54 Å². The predicted octanol–water partition coefficient (Wildman–Crippen LogP) is 9.09. The van der Waals surface area contributed by atoms with E-state index in [1.165, 1.54) is 33.4 Å². The number of nitrogens with zero attached hydrogens (tertiary/aromatic N) is 3. The number of carbonyl (C=O) groups is 1. The molecule has 0 bridgehead atoms. The van der Waals surface area contributed by atoms with Crippen LogP contribution in [0.1, 0.15) is 52.7 Å². The second-order valence-corrected chi connectivity index (χ2v) is 13.2. The third kappa shape index (κ3) is 5.49. The zero-order valence-electron chi connectivity index (χ0n) is 25.3. The number of pyridine rings is 2. The Balaban J connectivity index is 1.37. The van der Waals surface area contributed by atoms with Gasteiger partial charge in [0.1, 0.15) is 6.54 Å². The number of hydrogen-bond acceptors (Lipinski definition) is 3. The predicted molar refractivity (Wildman–Crippen MR) is 174 cm³/mol. The maximum Gasteiger partial charge on any atom is 0.247 e. The van der Waals surface area contributed by atoms with Crippen LogP contribution in [0.25, 0.3) is 44.5 Å². The molecule has 0 unspecified atom stereocenters. The summed E-state index contributed by atoms with van der Waals surface area (Å²) in [6.45, 7) is 13.8. The molecule has 6 rings (SSSR count). The van der Waals surface area contributed by atoms with Crippen molar-refractivity contribution < 1.29 is 4.79 Å². The number of carbonyl (C=O) groups excluding carboxylic acids is 1. The van der Waals surface area contributed by atoms with Crippen molar-refractivity contribution in [3.8, 4) is 44.5 Å². The highest BCUT2D eigenvalue weighted by Crippen LogP contribution is 2.38. The molecule has 1 fully saturated rings. The summed E-state index contributed by atoms with van der Waals surface area (Å²) in [5, 5.41) is 0. The molecule has 1 aliphatic rings. The highest BCUT2D eigenvalue weighted by atomic mass is 16.2. The monoisotopic (exact) mass is 551 g/mol. The lowest BCUT2D eigenvalue weighted by atomic mass is 9.83. The SMILES string of the molecule is CC(C)(C)c1cnccc1-c1ccc(-c2cc(-c3ccc(-c4ccncc4C(C)(C)C)cc3)cc(N3CC3=O)c2)cc1. The number of amides is 1. The number of anilines is 1. The third-order valence-electron chi connectivity index (χ3n) is 8.04. The Hall–Kier alpha value is -4.57. The molecule has 0 aliphatic carbocycles. The minimum atomic E-state index is -0.00198. The van der Waals surface area contributed by atoms with Crippen molar-refractivity contribution in [2.24, 2.45) is 0 Å². The number of hydrogen-bond donors (Lipinski definition) is 0. The Labute approximate surface area is 249 Å². The lowest BCUT2D eigenvalue weighted by Crippen LogP contribution is -2.13. The molecule has 4 heteroatoms. The summed E-state index contributed by atoms with van der Waals surface area (Å²) in [4.78, 5) is 22.7. The van der Waals surface area contributed by atoms with Gasteiger partial charge in [-0.2, -0.15) is 0 Å². The van der Waals surface area contributed by atoms with Crippen molar-refractivity contribution in [2.45, 2.75) is 52.4 Å². The molecule has 0 saturated carbocycles. The molecule has 42 heavy (non-hydrogen) atoms. The van der Waals surface area contributed by atoms with Gasteiger partial charge in [-0.15, -0.1) is 0 Å². The molecule has 5 aromatic rings. The van der Waals surface area contributed by atoms with E-state index < -0.39 is 0 Å². The quantitative estimate of drug-likeness (QED) is 0.205. The lowest BCUT2D eigenvalue weighted by molar-refractivity contribution is -0.109. The Bertz CT molecular complexity index is 1650. The summed E-state index contributed by atoms with van der Waals surface area (Å²) >= 11 is 0. The summed E-state index contributed by atoms with van der Waals surface area (Å²) in [5.41, 5.74) is 12.6. The minimum absolute atomic E-state index is 0.00198. The number of benzene rings is 3. The van der Waals surface area contributed by atoms with E-state index in [9.17, 15) is 4.79 Å². The first-order valence-corrected chi connectivity index (χ1v) is 14.6. The molecule has 3 heterocycles. The van der Waals surface area contributed by atoms with Gasteiger partial charge in [-0.25, -0.2) is 0 Å². The fraction of sp³-hybridized carbons (Fsp3) is 0.237. The maximum absolute atomic E-state index is 12.1. The number of aromatic nitrogens is 2. The smallest absolute Gasteiger partial charge is 0.247 e. The van der Waals surface area contributed by atoms with Crippen LogP contribution in [-0.2, 0) is 15.6 Å². The van der Waals surface area contributed by atoms with Gasteiger partial charge in [0.05, 0.1) is 0 Å². The Kier molecular flexibility index (Phi) is 6.81. The summed E-state index contributed by atoms with van der Waals surface area (Å²) in [7, 11) is 0. The fourth-order valence-electron chi connectivity index (χ4n) is 5.61. The second-order valence-electron chi connectivity index (χ2n) is 13.2. The van der Waals surface area contributed by atoms with E-state index in [-0.39, 0.29) is 16.7 Å². The van der Waals surface area contributed by atoms with E-state index in [1.807, 2.05) is 29.7 Å². The van der Waals surface area contributed by atoms with Crippen LogP contribution < -0.4 is 4.90 Å². The molecule has 4 nitrogen and oxygen atoms in total. The molecule has 210 valence electrons. The molecule has 2 aromatic heterocycles. The molecule has 1 saturated heterocycles. The average molecular weight is 552 g/mol. The third-order valence-corrected chi connectivity index (χ3v) is 8.04. The van der Waals surface area contributed by atoms with Gasteiger partial charge in [-0.05, 0) is 96.8 Å². The van der Waals surface area contributed by atoms with Crippen LogP contribution in [-0.4, -0.2) is 22.4 Å². The Morgan fingerprint density at radius 2 is 0.929 bits per heavy atom. The molecule has 0 atom stereocenters. The topological polar surface area (TPSA) is 45.9 Å². The zero-order chi connectivity index (χ0) is 29.6. The van der Waals surface area contributed by atoms with Gasteiger partial charge in [0.25, 0.3) is 0 Å². The molecular formula is C38H37N3O. The van der Waals surface area contributed by atoms with Crippen LogP contribution in [0.4, 0.5) is 5.69 Å². The van der Waals surface area contributed by atoms with Crippen molar-refractivity contribution in [1.82, 2.24) is 9.97 Å². The van der Waals surface area contributed by atoms with Gasteiger partial charge in [-0.3, -0.25) is 14.8 Å². The fourth-order valence-corrected chi connectivity index (χ4v) is 5.61. The van der Waals surface area contributed by atoms with Crippen molar-refractivity contribution in [2.75, 3.05) is 11.4 Å². The highest BCUT2D eigenvalue weighted by molar-refractivity contribution is 6.12. The molecule has 1 aliphatic heterocycles. The van der Waals surface area contributed by atoms with E-state index in [0.717, 1.165) is 27.9 Å². The number of rotatable bonds is 5. The van der Waals surface area contributed by atoms with Gasteiger partial charge >= 0.3 is 0 Å². The van der Waals surface area contributed by atoms with Crippen LogP contribution in [0.5, 0.6) is 0 Å². The summed E-state index contributed by atoms with van der Waals surface area (Å²) in [6.07, 6.45) is 7.67. The normalized spacial score (nSPS) is 13.4. The minimum Gasteiger partial charge on any atom is -0.301 e. The van der Waals surface area contributed by atoms with Crippen LogP contribution in [0, 0.1) is 0 Å². The van der Waals surface area contributed by atoms with E-state index >= 15 is 0 Å². The van der Waals surface area contributed by atoms with Crippen LogP contribution in [0.3, 0.4) is 0 Å². The van der Waals surface area contributed by atoms with Crippen molar-refractivity contribution >= 4 is 11.6 Å². The average Bonchev–Trinajstić information content (AvgIpc) is 3.73. The van der Waals surface area contributed by atoms with Gasteiger partial charge in [0, 0.05) is 30.5 Å². The van der Waals surface area contributed by atoms with Gasteiger partial charge in [0.15, 0.2) is 0 Å². The van der Waals surface area contributed by atoms with E-state index in [2.05, 4.69) is 130 Å². The Morgan fingerprint density at radius 1 is 0.548 bits per heavy atom. The standard InChI is InChI=1S/C38H37N3O/c1-37(2,3)34-22-39-17-15-32(34)27-11-7-25(8-12-27)29-19-30(21-31(20-29)41-24-36(41)42)26-9-13-28(14-10-26)33-16-18-40-23-35(33)38(4,5)6/h7-23H,24H2,1-6H3. The maximum atomic E-state index is 12.1. The highest BCUT2D eigenvalue weighted by Gasteiger charge is 2.32. The molecular weight excluding hydrogens is 514 g/mol. The zero-order valence-corrected chi connectivity index (χ0v) is 25.3. The van der Waals surface area contributed by atoms with Crippen molar-refractivity contribution in [1.29, 1.82) is 0 Å². The van der Waals surface area contributed by atoms with Crippen LogP contribution in [0.15, 0.2) is 104 Å². The molecule has 1 amide bonds. The molecule has 3 aromatic carbocycles. The molecule has 0 spiro atoms. The summed E-state index contributed by atoms with van der Waals surface area (Å²) in [5.74, 6) is 0.156. The van der Waals surface area contributed by atoms with Crippen LogP contribution in [0.2, 0.25) is 0 Å². The van der Waals surface area contributed by atoms with Gasteiger partial charge in [0.2, 0.25) is 5.91 Å². The van der Waals surface area contributed by atoms with Crippen LogP contribution >= 0.6 is 0 Å². The first kappa shape index (κ1) is 27.6. The van der Waals surface area contributed by atoms with Crippen molar-refractivity contribution in [3.05, 3.63) is 115 Å². The molecule has 0 radical (unpaired) electrons.